The molecule has 3 heterocycles. The third-order valence-electron chi connectivity index (χ3n) is 2.58. The van der Waals surface area contributed by atoms with Gasteiger partial charge in [0.1, 0.15) is 0 Å². The molecule has 0 saturated heterocycles. The van der Waals surface area contributed by atoms with Crippen molar-refractivity contribution in [3.63, 3.8) is 0 Å². The molecular weight excluding hydrogens is 280 g/mol. The predicted octanol–water partition coefficient (Wildman–Crippen LogP) is 3.59. The minimum absolute atomic E-state index is 0.720. The Morgan fingerprint density at radius 1 is 1.32 bits per heavy atom. The van der Waals surface area contributed by atoms with E-state index in [1.165, 1.54) is 4.88 Å². The minimum atomic E-state index is 0.720. The molecule has 0 amide bonds. The smallest absolute Gasteiger partial charge is 0.176 e. The summed E-state index contributed by atoms with van der Waals surface area (Å²) in [5, 5.41) is 10.3. The van der Waals surface area contributed by atoms with E-state index in [0.29, 0.717) is 0 Å². The van der Waals surface area contributed by atoms with Crippen LogP contribution in [0.5, 0.6) is 0 Å². The molecule has 0 atom stereocenters. The van der Waals surface area contributed by atoms with Crippen LogP contribution in [0.25, 0.3) is 5.82 Å². The third-order valence-corrected chi connectivity index (χ3v) is 3.87. The number of rotatable bonds is 4. The summed E-state index contributed by atoms with van der Waals surface area (Å²) in [7, 11) is 0. The molecule has 0 aromatic carbocycles. The summed E-state index contributed by atoms with van der Waals surface area (Å²) < 4.78 is 1.74. The molecule has 19 heavy (non-hydrogen) atoms. The lowest BCUT2D eigenvalue weighted by Gasteiger charge is -2.09. The minimum Gasteiger partial charge on any atom is -0.377 e. The molecule has 6 heteroatoms. The van der Waals surface area contributed by atoms with Crippen molar-refractivity contribution in [2.24, 2.45) is 0 Å². The van der Waals surface area contributed by atoms with Crippen LogP contribution in [0, 0.1) is 0 Å². The number of hydrogen-bond donors (Lipinski definition) is 1. The fourth-order valence-electron chi connectivity index (χ4n) is 1.74. The molecule has 0 radical (unpaired) electrons. The number of halogens is 1. The Hall–Kier alpha value is -1.85. The zero-order valence-corrected chi connectivity index (χ0v) is 11.5. The molecule has 0 bridgehead atoms. The normalized spacial score (nSPS) is 10.6. The van der Waals surface area contributed by atoms with E-state index < -0.39 is 0 Å². The van der Waals surface area contributed by atoms with E-state index in [2.05, 4.69) is 15.4 Å². The average Bonchev–Trinajstić information content (AvgIpc) is 3.08. The van der Waals surface area contributed by atoms with Crippen LogP contribution < -0.4 is 5.32 Å². The number of anilines is 1. The first kappa shape index (κ1) is 12.2. The van der Waals surface area contributed by atoms with E-state index in [-0.39, 0.29) is 0 Å². The van der Waals surface area contributed by atoms with Gasteiger partial charge in [-0.15, -0.1) is 11.3 Å². The molecule has 0 unspecified atom stereocenters. The average molecular weight is 291 g/mol. The van der Waals surface area contributed by atoms with Gasteiger partial charge in [-0.1, -0.05) is 11.6 Å². The fraction of sp³-hybridized carbons (Fsp3) is 0.0769. The summed E-state index contributed by atoms with van der Waals surface area (Å²) in [5.41, 5.74) is 0.940. The first-order chi connectivity index (χ1) is 9.33. The Labute approximate surface area is 119 Å². The lowest BCUT2D eigenvalue weighted by Crippen LogP contribution is -2.05. The van der Waals surface area contributed by atoms with Gasteiger partial charge >= 0.3 is 0 Å². The Bertz CT molecular complexity index is 663. The van der Waals surface area contributed by atoms with Crippen molar-refractivity contribution in [1.29, 1.82) is 0 Å². The van der Waals surface area contributed by atoms with Crippen molar-refractivity contribution >= 4 is 28.6 Å². The maximum absolute atomic E-state index is 5.91. The van der Waals surface area contributed by atoms with Crippen LogP contribution in [-0.4, -0.2) is 14.8 Å². The molecule has 0 aliphatic carbocycles. The number of nitrogens with one attached hydrogen (secondary N) is 1. The van der Waals surface area contributed by atoms with Crippen LogP contribution in [0.1, 0.15) is 4.88 Å². The van der Waals surface area contributed by atoms with Crippen LogP contribution in [-0.2, 0) is 6.54 Å². The second-order valence-electron chi connectivity index (χ2n) is 3.91. The van der Waals surface area contributed by atoms with Gasteiger partial charge in [0.05, 0.1) is 10.7 Å². The van der Waals surface area contributed by atoms with Crippen molar-refractivity contribution < 1.29 is 0 Å². The summed E-state index contributed by atoms with van der Waals surface area (Å²) in [6, 6.07) is 7.72. The summed E-state index contributed by atoms with van der Waals surface area (Å²) in [4.78, 5) is 5.53. The highest BCUT2D eigenvalue weighted by Crippen LogP contribution is 2.22. The van der Waals surface area contributed by atoms with Gasteiger partial charge in [0, 0.05) is 35.4 Å². The number of aromatic nitrogens is 3. The second-order valence-corrected chi connectivity index (χ2v) is 5.34. The summed E-state index contributed by atoms with van der Waals surface area (Å²) in [6.07, 6.45) is 5.36. The van der Waals surface area contributed by atoms with Crippen molar-refractivity contribution in [3.8, 4) is 5.82 Å². The summed E-state index contributed by atoms with van der Waals surface area (Å²) >= 11 is 7.55. The zero-order chi connectivity index (χ0) is 13.1. The van der Waals surface area contributed by atoms with Crippen LogP contribution in [0.4, 0.5) is 5.69 Å². The topological polar surface area (TPSA) is 42.7 Å². The molecule has 1 N–H and O–H groups in total. The molecule has 0 fully saturated rings. The molecule has 96 valence electrons. The Morgan fingerprint density at radius 3 is 3.00 bits per heavy atom. The summed E-state index contributed by atoms with van der Waals surface area (Å²) in [5.74, 6) is 0.787. The molecule has 0 aliphatic rings. The van der Waals surface area contributed by atoms with Gasteiger partial charge in [-0.2, -0.15) is 5.10 Å². The van der Waals surface area contributed by atoms with Crippen molar-refractivity contribution in [2.75, 3.05) is 5.32 Å². The first-order valence-corrected chi connectivity index (χ1v) is 7.00. The molecule has 3 aromatic rings. The maximum atomic E-state index is 5.91. The van der Waals surface area contributed by atoms with Crippen molar-refractivity contribution in [1.82, 2.24) is 14.8 Å². The molecule has 0 aliphatic heterocycles. The van der Waals surface area contributed by atoms with Gasteiger partial charge < -0.3 is 5.32 Å². The highest BCUT2D eigenvalue weighted by atomic mass is 35.5. The van der Waals surface area contributed by atoms with E-state index in [1.807, 2.05) is 35.8 Å². The highest BCUT2D eigenvalue weighted by Gasteiger charge is 2.06. The van der Waals surface area contributed by atoms with Gasteiger partial charge in [0.15, 0.2) is 5.82 Å². The van der Waals surface area contributed by atoms with Crippen LogP contribution in [0.3, 0.4) is 0 Å². The number of thiophene rings is 1. The van der Waals surface area contributed by atoms with E-state index in [4.69, 9.17) is 11.6 Å². The molecule has 0 saturated carbocycles. The van der Waals surface area contributed by atoms with Crippen LogP contribution >= 0.6 is 22.9 Å². The Balaban J connectivity index is 1.81. The second kappa shape index (κ2) is 5.42. The lowest BCUT2D eigenvalue weighted by atomic mass is 10.3. The monoisotopic (exact) mass is 290 g/mol. The SMILES string of the molecule is Clc1csc(CNc2cccnc2-n2cccn2)c1. The molecule has 3 aromatic heterocycles. The molecule has 0 spiro atoms. The fourth-order valence-corrected chi connectivity index (χ4v) is 2.75. The standard InChI is InChI=1S/C13H11ClN4S/c14-10-7-11(19-9-10)8-16-12-3-1-4-15-13(12)18-6-2-5-17-18/h1-7,9,16H,8H2. The molecular formula is C13H11ClN4S. The van der Waals surface area contributed by atoms with E-state index in [0.717, 1.165) is 23.1 Å². The lowest BCUT2D eigenvalue weighted by molar-refractivity contribution is 0.846. The maximum Gasteiger partial charge on any atom is 0.176 e. The van der Waals surface area contributed by atoms with Gasteiger partial charge in [0.25, 0.3) is 0 Å². The third kappa shape index (κ3) is 2.77. The summed E-state index contributed by atoms with van der Waals surface area (Å²) in [6.45, 7) is 0.720. The van der Waals surface area contributed by atoms with Crippen LogP contribution in [0.2, 0.25) is 5.02 Å². The molecule has 4 nitrogen and oxygen atoms in total. The zero-order valence-electron chi connectivity index (χ0n) is 9.95. The highest BCUT2D eigenvalue weighted by molar-refractivity contribution is 7.10. The van der Waals surface area contributed by atoms with Gasteiger partial charge in [0.2, 0.25) is 0 Å². The quantitative estimate of drug-likeness (QED) is 0.798. The Morgan fingerprint density at radius 2 is 2.26 bits per heavy atom. The number of hydrogen-bond acceptors (Lipinski definition) is 4. The van der Waals surface area contributed by atoms with E-state index >= 15 is 0 Å². The number of nitrogens with zero attached hydrogens (tertiary/aromatic N) is 3. The van der Waals surface area contributed by atoms with E-state index in [1.54, 1.807) is 28.4 Å². The van der Waals surface area contributed by atoms with E-state index in [9.17, 15) is 0 Å². The van der Waals surface area contributed by atoms with Crippen molar-refractivity contribution in [2.45, 2.75) is 6.54 Å². The Kier molecular flexibility index (Phi) is 3.48. The van der Waals surface area contributed by atoms with Gasteiger partial charge in [-0.3, -0.25) is 0 Å². The number of pyridine rings is 1. The van der Waals surface area contributed by atoms with Gasteiger partial charge in [-0.25, -0.2) is 9.67 Å². The van der Waals surface area contributed by atoms with Gasteiger partial charge in [-0.05, 0) is 24.3 Å². The van der Waals surface area contributed by atoms with Crippen LogP contribution in [0.15, 0.2) is 48.2 Å². The first-order valence-electron chi connectivity index (χ1n) is 5.75. The largest absolute Gasteiger partial charge is 0.377 e. The molecule has 3 rings (SSSR count). The predicted molar refractivity (Wildman–Crippen MR) is 78.0 cm³/mol. The van der Waals surface area contributed by atoms with Crippen molar-refractivity contribution in [3.05, 3.63) is 58.1 Å².